The third kappa shape index (κ3) is 3.21. The van der Waals surface area contributed by atoms with Crippen molar-refractivity contribution in [3.63, 3.8) is 0 Å². The average molecular weight is 216 g/mol. The van der Waals surface area contributed by atoms with Crippen LogP contribution in [0.2, 0.25) is 18.1 Å². The van der Waals surface area contributed by atoms with Gasteiger partial charge in [-0.15, -0.1) is 0 Å². The van der Waals surface area contributed by atoms with Crippen LogP contribution in [0.15, 0.2) is 0 Å². The molecule has 0 bridgehead atoms. The molecule has 0 aliphatic heterocycles. The first-order valence-electron chi connectivity index (χ1n) is 5.24. The first-order chi connectivity index (χ1) is 6.08. The normalized spacial score (nSPS) is 17.6. The third-order valence-corrected chi connectivity index (χ3v) is 7.83. The second-order valence-corrected chi connectivity index (χ2v) is 10.4. The summed E-state index contributed by atoms with van der Waals surface area (Å²) in [6.45, 7) is 14.7. The monoisotopic (exact) mass is 216 g/mol. The van der Waals surface area contributed by atoms with Crippen LogP contribution < -0.4 is 0 Å². The highest BCUT2D eigenvalue weighted by atomic mass is 28.4. The first kappa shape index (κ1) is 13.8. The van der Waals surface area contributed by atoms with Gasteiger partial charge in [-0.3, -0.25) is 0 Å². The van der Waals surface area contributed by atoms with Gasteiger partial charge < -0.3 is 9.22 Å². The third-order valence-electron chi connectivity index (χ3n) is 3.25. The van der Waals surface area contributed by atoms with Crippen LogP contribution in [-0.4, -0.2) is 20.2 Å². The number of hydrogen-bond acceptors (Lipinski definition) is 2. The molecule has 0 aromatic rings. The predicted octanol–water partition coefficient (Wildman–Crippen LogP) is 3.38. The number of carbonyl (C=O) groups is 1. The fraction of sp³-hybridized carbons (Fsp3) is 0.909. The molecule has 0 fully saturated rings. The van der Waals surface area contributed by atoms with Crippen molar-refractivity contribution in [1.82, 2.24) is 0 Å². The van der Waals surface area contributed by atoms with Crippen molar-refractivity contribution in [2.75, 3.05) is 0 Å². The van der Waals surface area contributed by atoms with Gasteiger partial charge in [0, 0.05) is 0 Å². The minimum atomic E-state index is -1.81. The van der Waals surface area contributed by atoms with Gasteiger partial charge in [0.1, 0.15) is 11.9 Å². The smallest absolute Gasteiger partial charge is 0.193 e. The Balaban J connectivity index is 4.73. The molecule has 1 atom stereocenters. The van der Waals surface area contributed by atoms with Crippen LogP contribution in [0, 0.1) is 0 Å². The maximum Gasteiger partial charge on any atom is 0.193 e. The van der Waals surface area contributed by atoms with Crippen LogP contribution >= 0.6 is 0 Å². The van der Waals surface area contributed by atoms with Crippen LogP contribution in [-0.2, 0) is 9.22 Å². The van der Waals surface area contributed by atoms with E-state index in [-0.39, 0.29) is 5.04 Å². The summed E-state index contributed by atoms with van der Waals surface area (Å²) in [7, 11) is -1.81. The van der Waals surface area contributed by atoms with E-state index in [0.29, 0.717) is 0 Å². The van der Waals surface area contributed by atoms with E-state index in [1.807, 2.05) is 13.8 Å². The Morgan fingerprint density at radius 1 is 1.21 bits per heavy atom. The quantitative estimate of drug-likeness (QED) is 0.532. The van der Waals surface area contributed by atoms with Gasteiger partial charge in [0.05, 0.1) is 0 Å². The van der Waals surface area contributed by atoms with Gasteiger partial charge >= 0.3 is 0 Å². The molecule has 0 saturated carbocycles. The van der Waals surface area contributed by atoms with Gasteiger partial charge in [-0.05, 0) is 31.5 Å². The molecule has 3 heteroatoms. The van der Waals surface area contributed by atoms with Gasteiger partial charge in [-0.1, -0.05) is 27.7 Å². The summed E-state index contributed by atoms with van der Waals surface area (Å²) >= 11 is 0. The van der Waals surface area contributed by atoms with Gasteiger partial charge in [0.2, 0.25) is 0 Å². The summed E-state index contributed by atoms with van der Waals surface area (Å²) in [5, 5.41) is 0.159. The van der Waals surface area contributed by atoms with Crippen LogP contribution in [0.3, 0.4) is 0 Å². The maximum atomic E-state index is 11.0. The highest BCUT2D eigenvalue weighted by molar-refractivity contribution is 6.74. The summed E-state index contributed by atoms with van der Waals surface area (Å²) in [6, 6.07) is 0. The molecule has 2 nitrogen and oxygen atoms in total. The standard InChI is InChI=1S/C11H24O2Si/c1-8-11(5,9-12)13-14(6,7)10(2,3)4/h9H,8H2,1-7H3. The van der Waals surface area contributed by atoms with Crippen LogP contribution in [0.25, 0.3) is 0 Å². The van der Waals surface area contributed by atoms with Gasteiger partial charge in [-0.2, -0.15) is 0 Å². The second kappa shape index (κ2) is 4.15. The molecule has 0 aromatic heterocycles. The van der Waals surface area contributed by atoms with E-state index in [1.54, 1.807) is 0 Å². The molecule has 0 aliphatic carbocycles. The Morgan fingerprint density at radius 2 is 1.64 bits per heavy atom. The first-order valence-corrected chi connectivity index (χ1v) is 8.15. The van der Waals surface area contributed by atoms with Gasteiger partial charge in [0.15, 0.2) is 8.32 Å². The minimum absolute atomic E-state index is 0.159. The summed E-state index contributed by atoms with van der Waals surface area (Å²) in [5.41, 5.74) is -0.594. The molecule has 0 heterocycles. The van der Waals surface area contributed by atoms with Crippen molar-refractivity contribution >= 4 is 14.6 Å². The van der Waals surface area contributed by atoms with Gasteiger partial charge in [0.25, 0.3) is 0 Å². The maximum absolute atomic E-state index is 11.0. The topological polar surface area (TPSA) is 26.3 Å². The molecule has 0 N–H and O–H groups in total. The lowest BCUT2D eigenvalue weighted by molar-refractivity contribution is -0.121. The Hall–Kier alpha value is -0.153. The molecule has 84 valence electrons. The van der Waals surface area contributed by atoms with E-state index in [0.717, 1.165) is 12.7 Å². The molecule has 0 aromatic carbocycles. The number of hydrogen-bond donors (Lipinski definition) is 0. The average Bonchev–Trinajstić information content (AvgIpc) is 2.01. The van der Waals surface area contributed by atoms with E-state index in [1.165, 1.54) is 0 Å². The van der Waals surface area contributed by atoms with Gasteiger partial charge in [-0.25, -0.2) is 0 Å². The lowest BCUT2D eigenvalue weighted by Gasteiger charge is -2.41. The second-order valence-electron chi connectivity index (χ2n) is 5.65. The number of aldehydes is 1. The molecule has 0 spiro atoms. The molecule has 0 radical (unpaired) electrons. The largest absolute Gasteiger partial charge is 0.405 e. The lowest BCUT2D eigenvalue weighted by Crippen LogP contribution is -2.49. The van der Waals surface area contributed by atoms with Crippen LogP contribution in [0.4, 0.5) is 0 Å². The van der Waals surface area contributed by atoms with Crippen LogP contribution in [0.1, 0.15) is 41.0 Å². The molecule has 0 amide bonds. The van der Waals surface area contributed by atoms with E-state index in [2.05, 4.69) is 33.9 Å². The number of carbonyl (C=O) groups excluding carboxylic acids is 1. The van der Waals surface area contributed by atoms with Crippen molar-refractivity contribution in [2.24, 2.45) is 0 Å². The molecular formula is C11H24O2Si. The van der Waals surface area contributed by atoms with E-state index in [9.17, 15) is 4.79 Å². The minimum Gasteiger partial charge on any atom is -0.405 e. The summed E-state index contributed by atoms with van der Waals surface area (Å²) < 4.78 is 6.06. The summed E-state index contributed by atoms with van der Waals surface area (Å²) in [6.07, 6.45) is 1.68. The van der Waals surface area contributed by atoms with Crippen molar-refractivity contribution < 1.29 is 9.22 Å². The lowest BCUT2D eigenvalue weighted by atomic mass is 10.1. The summed E-state index contributed by atoms with van der Waals surface area (Å²) in [5.74, 6) is 0. The zero-order valence-electron chi connectivity index (χ0n) is 10.6. The fourth-order valence-electron chi connectivity index (χ4n) is 0.916. The van der Waals surface area contributed by atoms with E-state index >= 15 is 0 Å². The van der Waals surface area contributed by atoms with E-state index < -0.39 is 13.9 Å². The zero-order valence-corrected chi connectivity index (χ0v) is 11.6. The highest BCUT2D eigenvalue weighted by Gasteiger charge is 2.42. The Bertz CT molecular complexity index is 206. The van der Waals surface area contributed by atoms with E-state index in [4.69, 9.17) is 4.43 Å². The highest BCUT2D eigenvalue weighted by Crippen LogP contribution is 2.39. The molecule has 0 saturated heterocycles. The Morgan fingerprint density at radius 3 is 1.86 bits per heavy atom. The predicted molar refractivity (Wildman–Crippen MR) is 63.0 cm³/mol. The Kier molecular flexibility index (Phi) is 4.10. The number of rotatable bonds is 4. The fourth-order valence-corrected chi connectivity index (χ4v) is 2.58. The van der Waals surface area contributed by atoms with Crippen LogP contribution in [0.5, 0.6) is 0 Å². The van der Waals surface area contributed by atoms with Crippen molar-refractivity contribution in [2.45, 2.75) is 64.8 Å². The SMILES string of the molecule is CCC(C)(C=O)O[Si](C)(C)C(C)(C)C. The molecule has 14 heavy (non-hydrogen) atoms. The Labute approximate surface area is 89.2 Å². The molecule has 0 aliphatic rings. The van der Waals surface area contributed by atoms with Crippen molar-refractivity contribution in [3.05, 3.63) is 0 Å². The van der Waals surface area contributed by atoms with Crippen molar-refractivity contribution in [1.29, 1.82) is 0 Å². The zero-order chi connectivity index (χ0) is 11.6. The summed E-state index contributed by atoms with van der Waals surface area (Å²) in [4.78, 5) is 11.0. The molecule has 0 rings (SSSR count). The molecular weight excluding hydrogens is 192 g/mol. The molecule has 1 unspecified atom stereocenters. The van der Waals surface area contributed by atoms with Crippen molar-refractivity contribution in [3.8, 4) is 0 Å².